The predicted octanol–water partition coefficient (Wildman–Crippen LogP) is 5.79. The number of nitrogens with one attached hydrogen (secondary N) is 2. The van der Waals surface area contributed by atoms with E-state index in [0.717, 1.165) is 22.5 Å². The molecule has 9 nitrogen and oxygen atoms in total. The minimum absolute atomic E-state index is 0.0232. The Morgan fingerprint density at radius 1 is 1.00 bits per heavy atom. The number of hydrogen-bond acceptors (Lipinski definition) is 5. The van der Waals surface area contributed by atoms with Crippen LogP contribution in [-0.4, -0.2) is 30.6 Å². The standard InChI is InChI=1S/C28H29FN8O/c1-16-6-9-18(10-7-16)37-23(15-22(34-37)28(2,3)4)33-27(38)32-20-11-8-17(14-19(20)29)25-24-21(36(5)35-25)12-13-31-26(24)30/h6-15H,1-5H3,(H2,30,31)(H2,32,33,38). The lowest BCUT2D eigenvalue weighted by Crippen LogP contribution is -2.22. The summed E-state index contributed by atoms with van der Waals surface area (Å²) in [5, 5.41) is 15.3. The van der Waals surface area contributed by atoms with Gasteiger partial charge in [-0.05, 0) is 37.3 Å². The topological polar surface area (TPSA) is 116 Å². The Morgan fingerprint density at radius 3 is 2.42 bits per heavy atom. The van der Waals surface area contributed by atoms with Crippen molar-refractivity contribution in [2.75, 3.05) is 16.4 Å². The summed E-state index contributed by atoms with van der Waals surface area (Å²) in [5.41, 5.74) is 10.4. The summed E-state index contributed by atoms with van der Waals surface area (Å²) < 4.78 is 18.5. The number of rotatable bonds is 4. The van der Waals surface area contributed by atoms with Gasteiger partial charge in [0.25, 0.3) is 0 Å². The quantitative estimate of drug-likeness (QED) is 0.282. The summed E-state index contributed by atoms with van der Waals surface area (Å²) in [6.45, 7) is 8.14. The van der Waals surface area contributed by atoms with Gasteiger partial charge in [-0.1, -0.05) is 44.5 Å². The first-order valence-electron chi connectivity index (χ1n) is 12.1. The molecule has 0 saturated carbocycles. The summed E-state index contributed by atoms with van der Waals surface area (Å²) in [7, 11) is 1.79. The predicted molar refractivity (Wildman–Crippen MR) is 148 cm³/mol. The van der Waals surface area contributed by atoms with E-state index >= 15 is 4.39 Å². The Bertz CT molecular complexity index is 1660. The van der Waals surface area contributed by atoms with Crippen LogP contribution in [0.5, 0.6) is 0 Å². The van der Waals surface area contributed by atoms with E-state index in [1.807, 2.05) is 58.0 Å². The van der Waals surface area contributed by atoms with Gasteiger partial charge in [0.05, 0.1) is 28.0 Å². The molecule has 0 fully saturated rings. The zero-order valence-corrected chi connectivity index (χ0v) is 21.9. The van der Waals surface area contributed by atoms with E-state index in [0.29, 0.717) is 28.3 Å². The number of fused-ring (bicyclic) bond motifs is 1. The zero-order valence-electron chi connectivity index (χ0n) is 21.9. The first-order valence-corrected chi connectivity index (χ1v) is 12.1. The Labute approximate surface area is 219 Å². The highest BCUT2D eigenvalue weighted by molar-refractivity contribution is 6.01. The molecule has 5 rings (SSSR count). The lowest BCUT2D eigenvalue weighted by molar-refractivity contribution is 0.262. The smallest absolute Gasteiger partial charge is 0.324 e. The molecule has 0 unspecified atom stereocenters. The van der Waals surface area contributed by atoms with Crippen LogP contribution >= 0.6 is 0 Å². The number of amides is 2. The minimum Gasteiger partial charge on any atom is -0.383 e. The number of pyridine rings is 1. The van der Waals surface area contributed by atoms with Crippen molar-refractivity contribution < 1.29 is 9.18 Å². The van der Waals surface area contributed by atoms with Crippen molar-refractivity contribution in [2.45, 2.75) is 33.1 Å². The van der Waals surface area contributed by atoms with Gasteiger partial charge in [-0.2, -0.15) is 10.2 Å². The summed E-state index contributed by atoms with van der Waals surface area (Å²) >= 11 is 0. The average molecular weight is 513 g/mol. The fourth-order valence-corrected chi connectivity index (χ4v) is 4.19. The van der Waals surface area contributed by atoms with Gasteiger partial charge < -0.3 is 11.1 Å². The number of urea groups is 1. The van der Waals surface area contributed by atoms with Crippen molar-refractivity contribution in [3.63, 3.8) is 0 Å². The number of aromatic nitrogens is 5. The lowest BCUT2D eigenvalue weighted by Gasteiger charge is -2.14. The number of anilines is 3. The van der Waals surface area contributed by atoms with Gasteiger partial charge in [-0.3, -0.25) is 10.00 Å². The Morgan fingerprint density at radius 2 is 1.74 bits per heavy atom. The Kier molecular flexibility index (Phi) is 6.10. The van der Waals surface area contributed by atoms with Crippen LogP contribution < -0.4 is 16.4 Å². The van der Waals surface area contributed by atoms with Crippen molar-refractivity contribution in [3.05, 3.63) is 77.9 Å². The van der Waals surface area contributed by atoms with Gasteiger partial charge in [0.15, 0.2) is 0 Å². The van der Waals surface area contributed by atoms with Crippen LogP contribution in [0.4, 0.5) is 26.5 Å². The monoisotopic (exact) mass is 512 g/mol. The van der Waals surface area contributed by atoms with Crippen LogP contribution in [0, 0.1) is 12.7 Å². The van der Waals surface area contributed by atoms with Gasteiger partial charge in [-0.25, -0.2) is 18.9 Å². The summed E-state index contributed by atoms with van der Waals surface area (Å²) in [4.78, 5) is 17.1. The first-order chi connectivity index (χ1) is 18.0. The average Bonchev–Trinajstić information content (AvgIpc) is 3.43. The van der Waals surface area contributed by atoms with Crippen molar-refractivity contribution in [2.24, 2.45) is 7.05 Å². The fraction of sp³-hybridized carbons (Fsp3) is 0.214. The normalized spacial score (nSPS) is 11.6. The molecule has 0 saturated heterocycles. The highest BCUT2D eigenvalue weighted by atomic mass is 19.1. The molecule has 0 radical (unpaired) electrons. The number of benzene rings is 2. The molecular formula is C28H29FN8O. The molecule has 0 aliphatic heterocycles. The third-order valence-electron chi connectivity index (χ3n) is 6.28. The molecule has 3 heterocycles. The molecule has 10 heteroatoms. The lowest BCUT2D eigenvalue weighted by atomic mass is 9.92. The third-order valence-corrected chi connectivity index (χ3v) is 6.28. The van der Waals surface area contributed by atoms with E-state index in [2.05, 4.69) is 20.7 Å². The van der Waals surface area contributed by atoms with Gasteiger partial charge in [0, 0.05) is 30.3 Å². The molecule has 3 aromatic heterocycles. The number of carbonyl (C=O) groups is 1. The van der Waals surface area contributed by atoms with Crippen molar-refractivity contribution >= 4 is 34.3 Å². The fourth-order valence-electron chi connectivity index (χ4n) is 4.19. The number of hydrogen-bond donors (Lipinski definition) is 3. The second kappa shape index (κ2) is 9.29. The van der Waals surface area contributed by atoms with Gasteiger partial charge in [-0.15, -0.1) is 0 Å². The number of nitrogens with two attached hydrogens (primary N) is 1. The van der Waals surface area contributed by atoms with Gasteiger partial charge >= 0.3 is 6.03 Å². The highest BCUT2D eigenvalue weighted by Crippen LogP contribution is 2.32. The maximum atomic E-state index is 15.1. The maximum absolute atomic E-state index is 15.1. The number of aryl methyl sites for hydroxylation is 2. The molecule has 0 atom stereocenters. The van der Waals surface area contributed by atoms with Crippen LogP contribution in [0.3, 0.4) is 0 Å². The van der Waals surface area contributed by atoms with Crippen molar-refractivity contribution in [3.8, 4) is 16.9 Å². The first kappa shape index (κ1) is 24.9. The Hall–Kier alpha value is -4.73. The molecule has 0 spiro atoms. The summed E-state index contributed by atoms with van der Waals surface area (Å²) in [6, 6.07) is 15.3. The van der Waals surface area contributed by atoms with Crippen molar-refractivity contribution in [1.29, 1.82) is 0 Å². The molecule has 0 bridgehead atoms. The maximum Gasteiger partial charge on any atom is 0.324 e. The molecule has 2 aromatic carbocycles. The number of nitrogen functional groups attached to an aromatic ring is 1. The second-order valence-corrected chi connectivity index (χ2v) is 10.2. The molecule has 0 aliphatic rings. The molecule has 194 valence electrons. The van der Waals surface area contributed by atoms with E-state index in [4.69, 9.17) is 10.8 Å². The third kappa shape index (κ3) is 4.68. The largest absolute Gasteiger partial charge is 0.383 e. The molecule has 5 aromatic rings. The van der Waals surface area contributed by atoms with Crippen LogP contribution in [0.25, 0.3) is 27.8 Å². The van der Waals surface area contributed by atoms with Crippen LogP contribution in [0.2, 0.25) is 0 Å². The number of halogens is 1. The van der Waals surface area contributed by atoms with E-state index in [-0.39, 0.29) is 11.1 Å². The van der Waals surface area contributed by atoms with E-state index in [9.17, 15) is 4.79 Å². The van der Waals surface area contributed by atoms with E-state index in [1.54, 1.807) is 34.7 Å². The van der Waals surface area contributed by atoms with Gasteiger partial charge in [0.2, 0.25) is 0 Å². The molecule has 38 heavy (non-hydrogen) atoms. The SMILES string of the molecule is Cc1ccc(-n2nc(C(C)(C)C)cc2NC(=O)Nc2ccc(-c3nn(C)c4ccnc(N)c34)cc2F)cc1. The molecular weight excluding hydrogens is 483 g/mol. The minimum atomic E-state index is -0.610. The molecule has 0 aliphatic carbocycles. The van der Waals surface area contributed by atoms with Crippen LogP contribution in [0.15, 0.2) is 60.8 Å². The Balaban J connectivity index is 1.41. The number of nitrogens with zero attached hydrogens (tertiary/aromatic N) is 5. The molecule has 2 amide bonds. The van der Waals surface area contributed by atoms with E-state index < -0.39 is 11.8 Å². The van der Waals surface area contributed by atoms with Gasteiger partial charge in [0.1, 0.15) is 23.1 Å². The second-order valence-electron chi connectivity index (χ2n) is 10.2. The number of carbonyl (C=O) groups excluding carboxylic acids is 1. The zero-order chi connectivity index (χ0) is 27.2. The van der Waals surface area contributed by atoms with E-state index in [1.165, 1.54) is 12.1 Å². The highest BCUT2D eigenvalue weighted by Gasteiger charge is 2.22. The summed E-state index contributed by atoms with van der Waals surface area (Å²) in [5.74, 6) is 0.171. The van der Waals surface area contributed by atoms with Crippen LogP contribution in [0.1, 0.15) is 32.0 Å². The van der Waals surface area contributed by atoms with Crippen LogP contribution in [-0.2, 0) is 12.5 Å². The molecule has 4 N–H and O–H groups in total. The summed E-state index contributed by atoms with van der Waals surface area (Å²) in [6.07, 6.45) is 1.60. The van der Waals surface area contributed by atoms with Crippen molar-refractivity contribution in [1.82, 2.24) is 24.5 Å².